The predicted octanol–water partition coefficient (Wildman–Crippen LogP) is 3.94. The van der Waals surface area contributed by atoms with Crippen molar-refractivity contribution < 1.29 is 16.9 Å². The first-order valence-corrected chi connectivity index (χ1v) is 11.4. The van der Waals surface area contributed by atoms with Gasteiger partial charge in [0.1, 0.15) is 0 Å². The fourth-order valence-electron chi connectivity index (χ4n) is 3.39. The molecule has 0 saturated heterocycles. The van der Waals surface area contributed by atoms with Gasteiger partial charge >= 0.3 is 0 Å². The summed E-state index contributed by atoms with van der Waals surface area (Å²) in [6.45, 7) is 10.6. The molecule has 0 saturated carbocycles. The Labute approximate surface area is 172 Å². The second-order valence-corrected chi connectivity index (χ2v) is 8.20. The number of unbranched alkanes of at least 4 members (excludes halogenated alkanes) is 10. The summed E-state index contributed by atoms with van der Waals surface area (Å²) in [6.07, 6.45) is 22.3. The molecule has 0 N–H and O–H groups in total. The van der Waals surface area contributed by atoms with Gasteiger partial charge in [0.05, 0.1) is 19.6 Å². The van der Waals surface area contributed by atoms with Crippen LogP contribution in [0.5, 0.6) is 0 Å². The molecule has 0 amide bonds. The van der Waals surface area contributed by atoms with Crippen LogP contribution in [0.1, 0.15) is 97.8 Å². The Bertz CT molecular complexity index is 285. The third-order valence-electron chi connectivity index (χ3n) is 5.16. The smallest absolute Gasteiger partial charge is 0.200 e. The molecule has 0 spiro atoms. The molecule has 0 fully saturated rings. The van der Waals surface area contributed by atoms with Crippen molar-refractivity contribution in [2.75, 3.05) is 19.6 Å². The molecule has 0 aliphatic heterocycles. The van der Waals surface area contributed by atoms with E-state index in [1.165, 1.54) is 96.7 Å². The molecular formula is C21H41ClIN. The Hall–Kier alpha value is 0.540. The van der Waals surface area contributed by atoms with Gasteiger partial charge in [-0.25, -0.2) is 0 Å². The van der Waals surface area contributed by atoms with Crippen LogP contribution >= 0.6 is 22.6 Å². The summed E-state index contributed by atoms with van der Waals surface area (Å²) in [4.78, 5) is 0. The van der Waals surface area contributed by atoms with Gasteiger partial charge in [-0.05, 0) is 38.5 Å². The highest BCUT2D eigenvalue weighted by Gasteiger charge is 2.31. The predicted molar refractivity (Wildman–Crippen MR) is 114 cm³/mol. The highest BCUT2D eigenvalue weighted by Crippen LogP contribution is 2.23. The lowest BCUT2D eigenvalue weighted by Crippen LogP contribution is -3.00. The monoisotopic (exact) mass is 469 g/mol. The topological polar surface area (TPSA) is 0 Å². The summed E-state index contributed by atoms with van der Waals surface area (Å²) in [6, 6.07) is 0. The summed E-state index contributed by atoms with van der Waals surface area (Å²) in [5.74, 6) is 3.04. The van der Waals surface area contributed by atoms with Gasteiger partial charge in [0.25, 0.3) is 0 Å². The van der Waals surface area contributed by atoms with Crippen LogP contribution in [-0.4, -0.2) is 28.2 Å². The van der Waals surface area contributed by atoms with Gasteiger partial charge in [-0.15, -0.1) is 6.42 Å². The Morgan fingerprint density at radius 3 is 1.46 bits per heavy atom. The fraction of sp³-hybridized carbons (Fsp3) is 0.905. The molecule has 0 rings (SSSR count). The first-order chi connectivity index (χ1) is 11.2. The van der Waals surface area contributed by atoms with Crippen LogP contribution in [0.15, 0.2) is 0 Å². The molecule has 3 heteroatoms. The van der Waals surface area contributed by atoms with Gasteiger partial charge in [0.15, 0.2) is 0 Å². The second-order valence-electron chi connectivity index (χ2n) is 7.02. The molecule has 1 unspecified atom stereocenters. The lowest BCUT2D eigenvalue weighted by molar-refractivity contribution is -0.925. The van der Waals surface area contributed by atoms with Crippen LogP contribution in [0.3, 0.4) is 0 Å². The van der Waals surface area contributed by atoms with Gasteiger partial charge in [0.2, 0.25) is 4.05 Å². The maximum absolute atomic E-state index is 5.80. The molecule has 0 aromatic rings. The standard InChI is InChI=1S/C21H41IN.ClH/c1-5-9-11-13-15-17-19-23(8-4,21(22)7-3)20-18-16-14-12-10-6-2;/h3,21H,5-6,8-20H2,1-2,4H3;1H/q+1;/p-1. The van der Waals surface area contributed by atoms with E-state index in [-0.39, 0.29) is 12.4 Å². The van der Waals surface area contributed by atoms with Crippen molar-refractivity contribution in [2.45, 2.75) is 102 Å². The average molecular weight is 470 g/mol. The van der Waals surface area contributed by atoms with E-state index < -0.39 is 0 Å². The number of hydrogen-bond donors (Lipinski definition) is 0. The van der Waals surface area contributed by atoms with Gasteiger partial charge in [-0.1, -0.05) is 65.2 Å². The number of hydrogen-bond acceptors (Lipinski definition) is 0. The van der Waals surface area contributed by atoms with E-state index in [1.54, 1.807) is 0 Å². The van der Waals surface area contributed by atoms with Gasteiger partial charge in [0, 0.05) is 22.6 Å². The Balaban J connectivity index is 0. The quantitative estimate of drug-likeness (QED) is 0.0802. The number of rotatable bonds is 16. The molecule has 144 valence electrons. The van der Waals surface area contributed by atoms with E-state index in [2.05, 4.69) is 49.3 Å². The number of halogens is 2. The summed E-state index contributed by atoms with van der Waals surface area (Å²) in [7, 11) is 0. The van der Waals surface area contributed by atoms with Crippen molar-refractivity contribution in [1.82, 2.24) is 0 Å². The third-order valence-corrected chi connectivity index (χ3v) is 6.70. The molecule has 0 aromatic carbocycles. The van der Waals surface area contributed by atoms with Crippen LogP contribution in [0, 0.1) is 12.3 Å². The highest BCUT2D eigenvalue weighted by atomic mass is 127. The fourth-order valence-corrected chi connectivity index (χ4v) is 4.34. The summed E-state index contributed by atoms with van der Waals surface area (Å²) < 4.78 is 1.47. The molecule has 0 aliphatic carbocycles. The van der Waals surface area contributed by atoms with Crippen molar-refractivity contribution in [2.24, 2.45) is 0 Å². The average Bonchev–Trinajstić information content (AvgIpc) is 2.58. The zero-order valence-electron chi connectivity index (χ0n) is 16.5. The first-order valence-electron chi connectivity index (χ1n) is 10.1. The normalized spacial score (nSPS) is 12.5. The molecule has 0 aliphatic rings. The van der Waals surface area contributed by atoms with Crippen LogP contribution < -0.4 is 12.4 Å². The SMILES string of the molecule is C#CC(I)[N+](CC)(CCCCCCCC)CCCCCCCC.[Cl-]. The molecule has 1 nitrogen and oxygen atoms in total. The van der Waals surface area contributed by atoms with Crippen molar-refractivity contribution in [3.63, 3.8) is 0 Å². The maximum atomic E-state index is 5.80. The lowest BCUT2D eigenvalue weighted by Gasteiger charge is -2.40. The minimum absolute atomic E-state index is 0. The van der Waals surface area contributed by atoms with Crippen LogP contribution in [0.2, 0.25) is 0 Å². The van der Waals surface area contributed by atoms with Crippen molar-refractivity contribution in [1.29, 1.82) is 0 Å². The summed E-state index contributed by atoms with van der Waals surface area (Å²) in [5, 5.41) is 0. The summed E-state index contributed by atoms with van der Waals surface area (Å²) >= 11 is 2.51. The third kappa shape index (κ3) is 12.0. The van der Waals surface area contributed by atoms with E-state index >= 15 is 0 Å². The van der Waals surface area contributed by atoms with Gasteiger partial charge in [-0.2, -0.15) is 0 Å². The molecule has 1 atom stereocenters. The van der Waals surface area contributed by atoms with Gasteiger partial charge < -0.3 is 16.9 Å². The van der Waals surface area contributed by atoms with E-state index in [0.29, 0.717) is 4.05 Å². The van der Waals surface area contributed by atoms with E-state index in [4.69, 9.17) is 6.42 Å². The summed E-state index contributed by atoms with van der Waals surface area (Å²) in [5.41, 5.74) is 0. The van der Waals surface area contributed by atoms with Crippen molar-refractivity contribution in [3.8, 4) is 12.3 Å². The van der Waals surface area contributed by atoms with E-state index in [9.17, 15) is 0 Å². The van der Waals surface area contributed by atoms with Crippen LogP contribution in [-0.2, 0) is 0 Å². The number of nitrogens with zero attached hydrogens (tertiary/aromatic N) is 1. The molecule has 0 aromatic heterocycles. The molecule has 0 radical (unpaired) electrons. The zero-order valence-corrected chi connectivity index (χ0v) is 19.4. The largest absolute Gasteiger partial charge is 1.00 e. The van der Waals surface area contributed by atoms with Gasteiger partial charge in [-0.3, -0.25) is 0 Å². The number of terminal acetylenes is 1. The number of quaternary nitrogens is 1. The second kappa shape index (κ2) is 18.3. The Kier molecular flexibility index (Phi) is 20.4. The first kappa shape index (κ1) is 26.8. The van der Waals surface area contributed by atoms with Crippen molar-refractivity contribution >= 4 is 22.6 Å². The molecule has 24 heavy (non-hydrogen) atoms. The highest BCUT2D eigenvalue weighted by molar-refractivity contribution is 14.1. The number of alkyl halides is 1. The van der Waals surface area contributed by atoms with E-state index in [1.807, 2.05) is 0 Å². The zero-order chi connectivity index (χ0) is 17.4. The van der Waals surface area contributed by atoms with Crippen LogP contribution in [0.25, 0.3) is 0 Å². The Morgan fingerprint density at radius 1 is 0.750 bits per heavy atom. The Morgan fingerprint density at radius 2 is 1.12 bits per heavy atom. The molecular weight excluding hydrogens is 429 g/mol. The lowest BCUT2D eigenvalue weighted by atomic mass is 10.1. The minimum atomic E-state index is 0. The maximum Gasteiger partial charge on any atom is 0.200 e. The van der Waals surface area contributed by atoms with Crippen LogP contribution in [0.4, 0.5) is 0 Å². The minimum Gasteiger partial charge on any atom is -1.00 e. The van der Waals surface area contributed by atoms with E-state index in [0.717, 1.165) is 4.48 Å². The van der Waals surface area contributed by atoms with Crippen molar-refractivity contribution in [3.05, 3.63) is 0 Å². The molecule has 0 heterocycles. The molecule has 0 bridgehead atoms.